The van der Waals surface area contributed by atoms with Crippen LogP contribution in [0.2, 0.25) is 0 Å². The van der Waals surface area contributed by atoms with Crippen LogP contribution in [0.1, 0.15) is 29.9 Å². The number of nitrogens with one attached hydrogen (secondary N) is 1. The molecule has 1 heterocycles. The first-order valence-electron chi connectivity index (χ1n) is 3.97. The number of carbonyl (C=O) groups excluding carboxylic acids is 1. The number of aromatic amines is 1. The zero-order valence-corrected chi connectivity index (χ0v) is 7.97. The van der Waals surface area contributed by atoms with Crippen molar-refractivity contribution in [3.05, 3.63) is 23.5 Å². The Morgan fingerprint density at radius 3 is 2.42 bits per heavy atom. The Balaban J connectivity index is 0.000000561. The molecule has 0 saturated carbocycles. The van der Waals surface area contributed by atoms with Crippen LogP contribution < -0.4 is 0 Å². The summed E-state index contributed by atoms with van der Waals surface area (Å²) in [7, 11) is 1.36. The largest absolute Gasteiger partial charge is 0.464 e. The van der Waals surface area contributed by atoms with Crippen LogP contribution in [-0.4, -0.2) is 18.1 Å². The van der Waals surface area contributed by atoms with E-state index in [0.29, 0.717) is 5.69 Å². The van der Waals surface area contributed by atoms with Crippen molar-refractivity contribution in [3.63, 3.8) is 0 Å². The number of esters is 1. The lowest BCUT2D eigenvalue weighted by Crippen LogP contribution is -2.00. The monoisotopic (exact) mass is 169 g/mol. The summed E-state index contributed by atoms with van der Waals surface area (Å²) in [6.45, 7) is 5.91. The fraction of sp³-hybridized carbons (Fsp3) is 0.444. The first-order chi connectivity index (χ1) is 5.74. The molecule has 1 aromatic rings. The molecule has 0 unspecified atom stereocenters. The average Bonchev–Trinajstić information content (AvgIpc) is 2.54. The van der Waals surface area contributed by atoms with Crippen molar-refractivity contribution in [2.75, 3.05) is 7.11 Å². The summed E-state index contributed by atoms with van der Waals surface area (Å²) in [5.41, 5.74) is 1.53. The van der Waals surface area contributed by atoms with Gasteiger partial charge in [-0.2, -0.15) is 0 Å². The van der Waals surface area contributed by atoms with Crippen LogP contribution in [-0.2, 0) is 4.74 Å². The summed E-state index contributed by atoms with van der Waals surface area (Å²) >= 11 is 0. The lowest BCUT2D eigenvalue weighted by Gasteiger charge is -1.91. The molecule has 0 aliphatic rings. The van der Waals surface area contributed by atoms with Gasteiger partial charge in [0, 0.05) is 6.20 Å². The van der Waals surface area contributed by atoms with Gasteiger partial charge in [-0.05, 0) is 18.6 Å². The number of aryl methyl sites for hydroxylation is 1. The van der Waals surface area contributed by atoms with E-state index in [-0.39, 0.29) is 5.97 Å². The predicted molar refractivity (Wildman–Crippen MR) is 48.2 cm³/mol. The molecular weight excluding hydrogens is 154 g/mol. The van der Waals surface area contributed by atoms with Gasteiger partial charge in [0.25, 0.3) is 0 Å². The molecule has 1 rings (SSSR count). The van der Waals surface area contributed by atoms with E-state index in [1.165, 1.54) is 7.11 Å². The highest BCUT2D eigenvalue weighted by molar-refractivity contribution is 5.87. The van der Waals surface area contributed by atoms with Gasteiger partial charge in [-0.1, -0.05) is 13.8 Å². The highest BCUT2D eigenvalue weighted by Crippen LogP contribution is 2.01. The fourth-order valence-corrected chi connectivity index (χ4v) is 0.730. The molecule has 12 heavy (non-hydrogen) atoms. The van der Waals surface area contributed by atoms with E-state index in [1.807, 2.05) is 20.8 Å². The van der Waals surface area contributed by atoms with Gasteiger partial charge >= 0.3 is 5.97 Å². The van der Waals surface area contributed by atoms with Crippen molar-refractivity contribution < 1.29 is 9.53 Å². The summed E-state index contributed by atoms with van der Waals surface area (Å²) < 4.78 is 4.48. The van der Waals surface area contributed by atoms with E-state index >= 15 is 0 Å². The number of aromatic nitrogens is 1. The minimum absolute atomic E-state index is 0.326. The number of carbonyl (C=O) groups is 1. The molecule has 1 aromatic heterocycles. The summed E-state index contributed by atoms with van der Waals surface area (Å²) in [5.74, 6) is -0.326. The number of hydrogen-bond acceptors (Lipinski definition) is 2. The number of methoxy groups -OCH3 is 1. The zero-order valence-electron chi connectivity index (χ0n) is 7.97. The third kappa shape index (κ3) is 2.78. The minimum Gasteiger partial charge on any atom is -0.464 e. The lowest BCUT2D eigenvalue weighted by atomic mass is 10.3. The van der Waals surface area contributed by atoms with E-state index in [9.17, 15) is 4.79 Å². The zero-order chi connectivity index (χ0) is 9.56. The van der Waals surface area contributed by atoms with Gasteiger partial charge < -0.3 is 9.72 Å². The molecule has 0 fully saturated rings. The molecule has 0 radical (unpaired) electrons. The molecule has 68 valence electrons. The highest BCUT2D eigenvalue weighted by Gasteiger charge is 2.04. The van der Waals surface area contributed by atoms with Gasteiger partial charge in [-0.3, -0.25) is 0 Å². The van der Waals surface area contributed by atoms with E-state index < -0.39 is 0 Å². The quantitative estimate of drug-likeness (QED) is 0.654. The first-order valence-corrected chi connectivity index (χ1v) is 3.97. The Bertz CT molecular complexity index is 240. The van der Waals surface area contributed by atoms with Crippen LogP contribution >= 0.6 is 0 Å². The van der Waals surface area contributed by atoms with E-state index in [2.05, 4.69) is 9.72 Å². The third-order valence-corrected chi connectivity index (χ3v) is 1.23. The molecule has 0 atom stereocenters. The van der Waals surface area contributed by atoms with Crippen molar-refractivity contribution in [3.8, 4) is 0 Å². The summed E-state index contributed by atoms with van der Waals surface area (Å²) in [6.07, 6.45) is 1.76. The van der Waals surface area contributed by atoms with Crippen LogP contribution in [0.5, 0.6) is 0 Å². The Morgan fingerprint density at radius 1 is 1.50 bits per heavy atom. The maximum Gasteiger partial charge on any atom is 0.354 e. The van der Waals surface area contributed by atoms with Crippen LogP contribution in [0.3, 0.4) is 0 Å². The highest BCUT2D eigenvalue weighted by atomic mass is 16.5. The minimum atomic E-state index is -0.326. The maximum atomic E-state index is 10.8. The molecule has 0 saturated heterocycles. The second kappa shape index (κ2) is 5.41. The van der Waals surface area contributed by atoms with E-state index in [4.69, 9.17) is 0 Å². The Kier molecular flexibility index (Phi) is 4.84. The standard InChI is InChI=1S/C7H9NO2.C2H6/c1-5-3-6(8-4-5)7(9)10-2;1-2/h3-4,8H,1-2H3;1-2H3. The first kappa shape index (κ1) is 10.8. The second-order valence-electron chi connectivity index (χ2n) is 2.08. The van der Waals surface area contributed by atoms with Gasteiger partial charge in [0.2, 0.25) is 0 Å². The Labute approximate surface area is 72.7 Å². The summed E-state index contributed by atoms with van der Waals surface area (Å²) in [4.78, 5) is 13.6. The van der Waals surface area contributed by atoms with Crippen molar-refractivity contribution in [1.29, 1.82) is 0 Å². The van der Waals surface area contributed by atoms with Crippen LogP contribution in [0.4, 0.5) is 0 Å². The molecule has 3 heteroatoms. The Hall–Kier alpha value is -1.25. The van der Waals surface area contributed by atoms with E-state index in [0.717, 1.165) is 5.56 Å². The number of H-pyrrole nitrogens is 1. The van der Waals surface area contributed by atoms with Gasteiger partial charge in [0.05, 0.1) is 7.11 Å². The van der Waals surface area contributed by atoms with E-state index in [1.54, 1.807) is 12.3 Å². The van der Waals surface area contributed by atoms with Gasteiger partial charge in [0.1, 0.15) is 5.69 Å². The number of ether oxygens (including phenoxy) is 1. The SMILES string of the molecule is CC.COC(=O)c1cc(C)c[nH]1. The summed E-state index contributed by atoms with van der Waals surface area (Å²) in [5, 5.41) is 0. The second-order valence-corrected chi connectivity index (χ2v) is 2.08. The Morgan fingerprint density at radius 2 is 2.08 bits per heavy atom. The van der Waals surface area contributed by atoms with Crippen LogP contribution in [0, 0.1) is 6.92 Å². The molecule has 0 amide bonds. The predicted octanol–water partition coefficient (Wildman–Crippen LogP) is 2.14. The average molecular weight is 169 g/mol. The number of hydrogen-bond donors (Lipinski definition) is 1. The molecule has 0 aliphatic heterocycles. The van der Waals surface area contributed by atoms with Crippen molar-refractivity contribution in [2.24, 2.45) is 0 Å². The van der Waals surface area contributed by atoms with Crippen LogP contribution in [0.15, 0.2) is 12.3 Å². The summed E-state index contributed by atoms with van der Waals surface area (Å²) in [6, 6.07) is 1.74. The maximum absolute atomic E-state index is 10.8. The van der Waals surface area contributed by atoms with Crippen LogP contribution in [0.25, 0.3) is 0 Å². The normalized spacial score (nSPS) is 8.33. The van der Waals surface area contributed by atoms with Crippen molar-refractivity contribution >= 4 is 5.97 Å². The molecule has 1 N–H and O–H groups in total. The topological polar surface area (TPSA) is 42.1 Å². The lowest BCUT2D eigenvalue weighted by molar-refractivity contribution is 0.0595. The third-order valence-electron chi connectivity index (χ3n) is 1.23. The van der Waals surface area contributed by atoms with Gasteiger partial charge in [-0.15, -0.1) is 0 Å². The molecular formula is C9H15NO2. The molecule has 0 spiro atoms. The molecule has 0 aliphatic carbocycles. The number of rotatable bonds is 1. The molecule has 3 nitrogen and oxygen atoms in total. The molecule has 0 aromatic carbocycles. The smallest absolute Gasteiger partial charge is 0.354 e. The van der Waals surface area contributed by atoms with Crippen molar-refractivity contribution in [2.45, 2.75) is 20.8 Å². The fourth-order valence-electron chi connectivity index (χ4n) is 0.730. The van der Waals surface area contributed by atoms with Gasteiger partial charge in [-0.25, -0.2) is 4.79 Å². The van der Waals surface area contributed by atoms with Crippen molar-refractivity contribution in [1.82, 2.24) is 4.98 Å². The molecule has 0 bridgehead atoms. The van der Waals surface area contributed by atoms with Gasteiger partial charge in [0.15, 0.2) is 0 Å².